The van der Waals surface area contributed by atoms with Crippen molar-refractivity contribution in [1.29, 1.82) is 0 Å². The first kappa shape index (κ1) is 33.7. The summed E-state index contributed by atoms with van der Waals surface area (Å²) in [5.41, 5.74) is 9.87. The van der Waals surface area contributed by atoms with Crippen LogP contribution in [0.4, 0.5) is 0 Å². The standard InChI is InChI=1S/C49H39NP2/c1-50(51(46-30-22-42(23-31-46)38-14-6-2-7-15-38)47-32-24-43(25-33-47)39-16-8-3-9-17-39)52(48-34-26-44(27-35-48)40-18-10-4-11-19-40)49-36-28-45(29-37-49)41-20-12-5-13-21-41/h2-37H,1H3. The Morgan fingerprint density at radius 2 is 0.404 bits per heavy atom. The fraction of sp³-hybridized carbons (Fsp3) is 0.0204. The van der Waals surface area contributed by atoms with Crippen molar-refractivity contribution in [3.63, 3.8) is 0 Å². The molecule has 8 aromatic rings. The highest BCUT2D eigenvalue weighted by Crippen LogP contribution is 2.53. The Kier molecular flexibility index (Phi) is 10.3. The maximum absolute atomic E-state index is 2.68. The highest BCUT2D eigenvalue weighted by atomic mass is 31.2. The number of nitrogens with zero attached hydrogens (tertiary/aromatic N) is 1. The van der Waals surface area contributed by atoms with E-state index in [0.29, 0.717) is 0 Å². The van der Waals surface area contributed by atoms with Crippen LogP contribution < -0.4 is 21.2 Å². The van der Waals surface area contributed by atoms with Gasteiger partial charge in [-0.25, -0.2) is 4.44 Å². The minimum absolute atomic E-state index is 0.902. The summed E-state index contributed by atoms with van der Waals surface area (Å²) in [6, 6.07) is 79.7. The summed E-state index contributed by atoms with van der Waals surface area (Å²) in [4.78, 5) is 0. The fourth-order valence-electron chi connectivity index (χ4n) is 6.76. The van der Waals surface area contributed by atoms with Crippen molar-refractivity contribution >= 4 is 37.4 Å². The molecule has 0 radical (unpaired) electrons. The molecule has 0 aliphatic rings. The van der Waals surface area contributed by atoms with Gasteiger partial charge in [0.2, 0.25) is 0 Å². The molecule has 0 saturated heterocycles. The molecule has 52 heavy (non-hydrogen) atoms. The van der Waals surface area contributed by atoms with E-state index in [2.05, 4.69) is 230 Å². The molecule has 250 valence electrons. The van der Waals surface area contributed by atoms with E-state index in [1.165, 1.54) is 65.7 Å². The minimum atomic E-state index is -0.902. The number of hydrogen-bond acceptors (Lipinski definition) is 1. The van der Waals surface area contributed by atoms with Crippen LogP contribution in [0, 0.1) is 0 Å². The zero-order chi connectivity index (χ0) is 35.1. The summed E-state index contributed by atoms with van der Waals surface area (Å²) in [6.45, 7) is 0. The molecule has 0 N–H and O–H groups in total. The summed E-state index contributed by atoms with van der Waals surface area (Å²) < 4.78 is 2.68. The smallest absolute Gasteiger partial charge is 0.0320 e. The first-order chi connectivity index (χ1) is 25.7. The van der Waals surface area contributed by atoms with E-state index < -0.39 is 16.1 Å². The van der Waals surface area contributed by atoms with Gasteiger partial charge in [-0.2, -0.15) is 0 Å². The first-order valence-corrected chi connectivity index (χ1v) is 20.3. The van der Waals surface area contributed by atoms with Gasteiger partial charge in [0, 0.05) is 16.1 Å². The SMILES string of the molecule is CN(P(c1ccc(-c2ccccc2)cc1)c1ccc(-c2ccccc2)cc1)P(c1ccc(-c2ccccc2)cc1)c1ccc(-c2ccccc2)cc1. The normalized spacial score (nSPS) is 11.3. The van der Waals surface area contributed by atoms with Crippen LogP contribution in [0.3, 0.4) is 0 Å². The molecule has 0 heterocycles. The molecule has 0 bridgehead atoms. The molecule has 3 heteroatoms. The molecule has 8 rings (SSSR count). The monoisotopic (exact) mass is 703 g/mol. The molecule has 0 aromatic heterocycles. The van der Waals surface area contributed by atoms with Crippen LogP contribution in [0.25, 0.3) is 44.5 Å². The zero-order valence-corrected chi connectivity index (χ0v) is 30.9. The molecule has 0 atom stereocenters. The van der Waals surface area contributed by atoms with Gasteiger partial charge in [0.25, 0.3) is 0 Å². The number of benzene rings is 8. The first-order valence-electron chi connectivity index (χ1n) is 17.7. The van der Waals surface area contributed by atoms with Gasteiger partial charge in [-0.3, -0.25) is 0 Å². The molecule has 0 aliphatic carbocycles. The summed E-state index contributed by atoms with van der Waals surface area (Å²) in [5.74, 6) is 0. The quantitative estimate of drug-likeness (QED) is 0.128. The van der Waals surface area contributed by atoms with Gasteiger partial charge in [-0.15, -0.1) is 0 Å². The Morgan fingerprint density at radius 1 is 0.231 bits per heavy atom. The third-order valence-corrected chi connectivity index (χ3v) is 14.8. The molecule has 8 aromatic carbocycles. The van der Waals surface area contributed by atoms with Crippen molar-refractivity contribution in [2.45, 2.75) is 0 Å². The lowest BCUT2D eigenvalue weighted by Crippen LogP contribution is -2.29. The molecule has 0 unspecified atom stereocenters. The minimum Gasteiger partial charge on any atom is -0.248 e. The van der Waals surface area contributed by atoms with Crippen molar-refractivity contribution in [3.05, 3.63) is 218 Å². The molecule has 0 aliphatic heterocycles. The van der Waals surface area contributed by atoms with Crippen LogP contribution in [0.5, 0.6) is 0 Å². The van der Waals surface area contributed by atoms with Gasteiger partial charge in [0.1, 0.15) is 0 Å². The molecular formula is C49H39NP2. The van der Waals surface area contributed by atoms with Crippen LogP contribution in [0.2, 0.25) is 0 Å². The second-order valence-corrected chi connectivity index (χ2v) is 17.6. The molecule has 0 fully saturated rings. The van der Waals surface area contributed by atoms with E-state index >= 15 is 0 Å². The van der Waals surface area contributed by atoms with Crippen LogP contribution in [-0.4, -0.2) is 11.5 Å². The molecular weight excluding hydrogens is 664 g/mol. The number of rotatable bonds is 10. The predicted molar refractivity (Wildman–Crippen MR) is 228 cm³/mol. The van der Waals surface area contributed by atoms with E-state index in [4.69, 9.17) is 0 Å². The highest BCUT2D eigenvalue weighted by molar-refractivity contribution is 7.84. The van der Waals surface area contributed by atoms with Crippen molar-refractivity contribution in [3.8, 4) is 44.5 Å². The van der Waals surface area contributed by atoms with Crippen LogP contribution >= 0.6 is 16.1 Å². The van der Waals surface area contributed by atoms with Crippen molar-refractivity contribution in [2.24, 2.45) is 0 Å². The van der Waals surface area contributed by atoms with Crippen LogP contribution in [0.1, 0.15) is 0 Å². The van der Waals surface area contributed by atoms with Crippen molar-refractivity contribution in [1.82, 2.24) is 4.44 Å². The van der Waals surface area contributed by atoms with E-state index in [-0.39, 0.29) is 0 Å². The fourth-order valence-corrected chi connectivity index (χ4v) is 12.4. The topological polar surface area (TPSA) is 3.24 Å². The van der Waals surface area contributed by atoms with Gasteiger partial charge in [0.05, 0.1) is 0 Å². The Hall–Kier alpha value is -5.42. The van der Waals surface area contributed by atoms with E-state index in [0.717, 1.165) is 0 Å². The summed E-state index contributed by atoms with van der Waals surface area (Å²) >= 11 is 0. The van der Waals surface area contributed by atoms with Gasteiger partial charge >= 0.3 is 0 Å². The largest absolute Gasteiger partial charge is 0.248 e. The summed E-state index contributed by atoms with van der Waals surface area (Å²) in [7, 11) is 0.533. The third kappa shape index (κ3) is 7.45. The second kappa shape index (κ2) is 15.9. The van der Waals surface area contributed by atoms with Gasteiger partial charge in [0.15, 0.2) is 0 Å². The maximum atomic E-state index is 2.68. The number of hydrogen-bond donors (Lipinski definition) is 0. The Balaban J connectivity index is 1.23. The Morgan fingerprint density at radius 3 is 0.596 bits per heavy atom. The maximum Gasteiger partial charge on any atom is 0.0320 e. The molecule has 1 nitrogen and oxygen atoms in total. The Bertz CT molecular complexity index is 1970. The molecule has 0 spiro atoms. The van der Waals surface area contributed by atoms with Crippen molar-refractivity contribution < 1.29 is 0 Å². The predicted octanol–water partition coefficient (Wildman–Crippen LogP) is 11.7. The van der Waals surface area contributed by atoms with Gasteiger partial charge in [-0.05, 0) is 72.8 Å². The molecule has 0 amide bonds. The second-order valence-electron chi connectivity index (χ2n) is 12.8. The average Bonchev–Trinajstić information content (AvgIpc) is 3.23. The highest BCUT2D eigenvalue weighted by Gasteiger charge is 2.29. The summed E-state index contributed by atoms with van der Waals surface area (Å²) in [6.07, 6.45) is 0. The van der Waals surface area contributed by atoms with Crippen LogP contribution in [-0.2, 0) is 0 Å². The van der Waals surface area contributed by atoms with Crippen LogP contribution in [0.15, 0.2) is 218 Å². The van der Waals surface area contributed by atoms with Gasteiger partial charge < -0.3 is 0 Å². The lowest BCUT2D eigenvalue weighted by Gasteiger charge is -2.36. The lowest BCUT2D eigenvalue weighted by atomic mass is 10.1. The zero-order valence-electron chi connectivity index (χ0n) is 29.1. The molecule has 0 saturated carbocycles. The third-order valence-electron chi connectivity index (χ3n) is 9.45. The summed E-state index contributed by atoms with van der Waals surface area (Å²) in [5, 5.41) is 5.33. The van der Waals surface area contributed by atoms with Gasteiger partial charge in [-0.1, -0.05) is 218 Å². The van der Waals surface area contributed by atoms with E-state index in [9.17, 15) is 0 Å². The average molecular weight is 704 g/mol. The van der Waals surface area contributed by atoms with Crippen molar-refractivity contribution in [2.75, 3.05) is 7.05 Å². The van der Waals surface area contributed by atoms with E-state index in [1.54, 1.807) is 0 Å². The lowest BCUT2D eigenvalue weighted by molar-refractivity contribution is 0.912. The Labute approximate surface area is 310 Å². The van der Waals surface area contributed by atoms with E-state index in [1.807, 2.05) is 0 Å².